The highest BCUT2D eigenvalue weighted by molar-refractivity contribution is 5.56. The third-order valence-corrected chi connectivity index (χ3v) is 13.5. The smallest absolute Gasteiger partial charge is 0.0669 e. The third-order valence-electron chi connectivity index (χ3n) is 13.5. The molecule has 0 heterocycles. The number of nitrogens with zero attached hydrogens (tertiary/aromatic N) is 1. The van der Waals surface area contributed by atoms with Crippen LogP contribution in [0.3, 0.4) is 0 Å². The molecule has 188 valence electrons. The Morgan fingerprint density at radius 2 is 2.00 bits per heavy atom. The van der Waals surface area contributed by atoms with Crippen LogP contribution >= 0.6 is 0 Å². The third kappa shape index (κ3) is 2.81. The molecule has 0 N–H and O–H groups in total. The topological polar surface area (TPSA) is 23.8 Å². The van der Waals surface area contributed by atoms with Crippen molar-refractivity contribution in [2.45, 2.75) is 92.4 Å². The van der Waals surface area contributed by atoms with Gasteiger partial charge in [0.25, 0.3) is 0 Å². The van der Waals surface area contributed by atoms with E-state index in [1.54, 1.807) is 0 Å². The van der Waals surface area contributed by atoms with Gasteiger partial charge in [-0.05, 0) is 128 Å². The van der Waals surface area contributed by atoms with Crippen LogP contribution in [-0.2, 0) is 0 Å². The van der Waals surface area contributed by atoms with Crippen LogP contribution in [-0.4, -0.2) is 0 Å². The van der Waals surface area contributed by atoms with Gasteiger partial charge in [0.1, 0.15) is 0 Å². The lowest BCUT2D eigenvalue weighted by Gasteiger charge is -2.60. The van der Waals surface area contributed by atoms with Crippen molar-refractivity contribution >= 4 is 0 Å². The first-order valence-corrected chi connectivity index (χ1v) is 14.8. The standard InChI is InChI=1S/C34H47N/c1-8-23(16-21(4)24(9-2)13-15-35)18-25-10-11-27-26-19-30-31-29-17-20(3)22(5)33(7,34(29,30)31)28(26)12-14-32(25,27)6/h9,17,23,25-31H,2,5,8,10-14,16,18-19H2,1,3-4,6-7H3/b24-21+. The molecule has 1 nitrogen and oxygen atoms in total. The summed E-state index contributed by atoms with van der Waals surface area (Å²) in [6.07, 6.45) is 16.1. The van der Waals surface area contributed by atoms with Crippen molar-refractivity contribution in [3.05, 3.63) is 47.6 Å². The van der Waals surface area contributed by atoms with Crippen molar-refractivity contribution in [3.63, 3.8) is 0 Å². The summed E-state index contributed by atoms with van der Waals surface area (Å²) in [7, 11) is 0. The Bertz CT molecular complexity index is 1070. The first kappa shape index (κ1) is 23.8. The summed E-state index contributed by atoms with van der Waals surface area (Å²) in [4.78, 5) is 0. The number of hydrogen-bond donors (Lipinski definition) is 0. The summed E-state index contributed by atoms with van der Waals surface area (Å²) in [5.74, 6) is 7.24. The Labute approximate surface area is 214 Å². The molecule has 0 aliphatic heterocycles. The highest BCUT2D eigenvalue weighted by Gasteiger charge is 2.94. The minimum Gasteiger partial charge on any atom is -0.198 e. The zero-order valence-electron chi connectivity index (χ0n) is 23.0. The van der Waals surface area contributed by atoms with Gasteiger partial charge in [0, 0.05) is 5.41 Å². The SMILES string of the molecule is C=C/C(CC#N)=C(/C)CC(CC)CC1CCC2C3CC4C5C6C=C(C)C(=C)C(C)(C3CCC12C)C645. The molecule has 11 atom stereocenters. The largest absolute Gasteiger partial charge is 0.198 e. The summed E-state index contributed by atoms with van der Waals surface area (Å²) in [6.45, 7) is 21.1. The second-order valence-corrected chi connectivity index (χ2v) is 14.1. The van der Waals surface area contributed by atoms with Gasteiger partial charge in [-0.25, -0.2) is 0 Å². The first-order chi connectivity index (χ1) is 16.7. The van der Waals surface area contributed by atoms with Crippen molar-refractivity contribution in [2.24, 2.45) is 63.6 Å². The molecule has 6 aliphatic rings. The van der Waals surface area contributed by atoms with E-state index < -0.39 is 0 Å². The maximum atomic E-state index is 9.20. The van der Waals surface area contributed by atoms with Gasteiger partial charge >= 0.3 is 0 Å². The molecule has 6 aliphatic carbocycles. The average Bonchev–Trinajstić information content (AvgIpc) is 3.68. The average molecular weight is 470 g/mol. The molecule has 11 unspecified atom stereocenters. The fourth-order valence-electron chi connectivity index (χ4n) is 11.6. The number of rotatable bonds is 7. The fraction of sp³-hybridized carbons (Fsp3) is 0.735. The number of fused-ring (bicyclic) bond motifs is 6. The molecule has 0 amide bonds. The van der Waals surface area contributed by atoms with E-state index in [0.29, 0.717) is 22.7 Å². The van der Waals surface area contributed by atoms with Crippen LogP contribution in [0.4, 0.5) is 0 Å². The highest BCUT2D eigenvalue weighted by Crippen LogP contribution is 2.98. The molecule has 0 aromatic rings. The second kappa shape index (κ2) is 7.73. The highest BCUT2D eigenvalue weighted by atomic mass is 15.0. The summed E-state index contributed by atoms with van der Waals surface area (Å²) in [5, 5.41) is 9.20. The summed E-state index contributed by atoms with van der Waals surface area (Å²) in [5.41, 5.74) is 7.14. The van der Waals surface area contributed by atoms with Crippen LogP contribution in [0.1, 0.15) is 92.4 Å². The predicted molar refractivity (Wildman–Crippen MR) is 145 cm³/mol. The molecular weight excluding hydrogens is 422 g/mol. The molecular formula is C34H47N. The molecule has 35 heavy (non-hydrogen) atoms. The summed E-state index contributed by atoms with van der Waals surface area (Å²) in [6, 6.07) is 2.33. The molecule has 5 fully saturated rings. The molecule has 6 rings (SSSR count). The number of nitriles is 1. The zero-order valence-corrected chi connectivity index (χ0v) is 23.0. The molecule has 0 bridgehead atoms. The molecule has 1 spiro atoms. The minimum atomic E-state index is 0.379. The van der Waals surface area contributed by atoms with Crippen LogP contribution in [0.15, 0.2) is 47.6 Å². The van der Waals surface area contributed by atoms with E-state index in [9.17, 15) is 5.26 Å². The maximum Gasteiger partial charge on any atom is 0.0669 e. The fourth-order valence-corrected chi connectivity index (χ4v) is 11.6. The lowest BCUT2D eigenvalue weighted by Crippen LogP contribution is -2.54. The monoisotopic (exact) mass is 469 g/mol. The maximum absolute atomic E-state index is 9.20. The van der Waals surface area contributed by atoms with Crippen LogP contribution in [0.25, 0.3) is 0 Å². The number of hydrogen-bond acceptors (Lipinski definition) is 1. The van der Waals surface area contributed by atoms with Crippen molar-refractivity contribution in [3.8, 4) is 6.07 Å². The van der Waals surface area contributed by atoms with Gasteiger partial charge in [0.2, 0.25) is 0 Å². The van der Waals surface area contributed by atoms with Crippen LogP contribution in [0, 0.1) is 74.9 Å². The van der Waals surface area contributed by atoms with Crippen LogP contribution in [0.5, 0.6) is 0 Å². The van der Waals surface area contributed by atoms with Crippen LogP contribution < -0.4 is 0 Å². The van der Waals surface area contributed by atoms with E-state index in [0.717, 1.165) is 59.3 Å². The van der Waals surface area contributed by atoms with Crippen LogP contribution in [0.2, 0.25) is 0 Å². The molecule has 1 heteroatoms. The van der Waals surface area contributed by atoms with E-state index in [1.165, 1.54) is 61.7 Å². The summed E-state index contributed by atoms with van der Waals surface area (Å²) >= 11 is 0. The van der Waals surface area contributed by atoms with E-state index >= 15 is 0 Å². The quantitative estimate of drug-likeness (QED) is 0.341. The van der Waals surface area contributed by atoms with Gasteiger partial charge in [0.15, 0.2) is 0 Å². The van der Waals surface area contributed by atoms with E-state index in [4.69, 9.17) is 6.58 Å². The van der Waals surface area contributed by atoms with Crippen molar-refractivity contribution in [2.75, 3.05) is 0 Å². The van der Waals surface area contributed by atoms with Gasteiger partial charge in [-0.3, -0.25) is 0 Å². The Morgan fingerprint density at radius 1 is 1.23 bits per heavy atom. The molecule has 0 aromatic carbocycles. The zero-order chi connectivity index (χ0) is 24.9. The van der Waals surface area contributed by atoms with Gasteiger partial charge in [0.05, 0.1) is 12.5 Å². The minimum absolute atomic E-state index is 0.379. The van der Waals surface area contributed by atoms with Crippen molar-refractivity contribution < 1.29 is 0 Å². The van der Waals surface area contributed by atoms with E-state index in [2.05, 4.69) is 53.3 Å². The molecule has 0 saturated heterocycles. The molecule has 5 saturated carbocycles. The van der Waals surface area contributed by atoms with Gasteiger partial charge < -0.3 is 0 Å². The lowest BCUT2D eigenvalue weighted by atomic mass is 9.44. The molecule has 0 aromatic heterocycles. The Hall–Kier alpha value is -1.55. The van der Waals surface area contributed by atoms with Gasteiger partial charge in [-0.15, -0.1) is 0 Å². The summed E-state index contributed by atoms with van der Waals surface area (Å²) < 4.78 is 0. The van der Waals surface area contributed by atoms with E-state index in [-0.39, 0.29) is 0 Å². The number of allylic oxidation sites excluding steroid dienone is 6. The second-order valence-electron chi connectivity index (χ2n) is 14.1. The van der Waals surface area contributed by atoms with Crippen molar-refractivity contribution in [1.82, 2.24) is 0 Å². The lowest BCUT2D eigenvalue weighted by molar-refractivity contribution is -0.0867. The van der Waals surface area contributed by atoms with Gasteiger partial charge in [-0.1, -0.05) is 63.6 Å². The Kier molecular flexibility index (Phi) is 5.26. The first-order valence-electron chi connectivity index (χ1n) is 14.8. The molecule has 0 radical (unpaired) electrons. The van der Waals surface area contributed by atoms with Crippen molar-refractivity contribution in [1.29, 1.82) is 5.26 Å². The predicted octanol–water partition coefficient (Wildman–Crippen LogP) is 9.06. The van der Waals surface area contributed by atoms with E-state index in [1.807, 2.05) is 6.08 Å². The normalized spacial score (nSPS) is 49.9. The van der Waals surface area contributed by atoms with Gasteiger partial charge in [-0.2, -0.15) is 5.26 Å². The Balaban J connectivity index is 1.21. The Morgan fingerprint density at radius 3 is 2.69 bits per heavy atom.